The lowest BCUT2D eigenvalue weighted by Crippen LogP contribution is -2.26. The van der Waals surface area contributed by atoms with Crippen molar-refractivity contribution in [2.75, 3.05) is 0 Å². The van der Waals surface area contributed by atoms with Crippen LogP contribution < -0.4 is 0 Å². The number of hydrogen-bond acceptors (Lipinski definition) is 1. The first-order chi connectivity index (χ1) is 7.88. The van der Waals surface area contributed by atoms with Crippen molar-refractivity contribution in [2.45, 2.75) is 38.8 Å². The standard InChI is InChI=1S/C13H16F3N/c1-8(2)10-5-11(6-10)9-3-4-17-12(7-9)13(14,15)16/h3-4,7-8,10-11H,5-6H2,1-2H3. The average molecular weight is 243 g/mol. The molecule has 0 bridgehead atoms. The third-order valence-electron chi connectivity index (χ3n) is 3.66. The molecule has 1 fully saturated rings. The van der Waals surface area contributed by atoms with Crippen molar-refractivity contribution in [1.82, 2.24) is 4.98 Å². The summed E-state index contributed by atoms with van der Waals surface area (Å²) in [5.41, 5.74) is 0.00669. The van der Waals surface area contributed by atoms with Crippen LogP contribution in [0.25, 0.3) is 0 Å². The average Bonchev–Trinajstić information content (AvgIpc) is 2.13. The minimum absolute atomic E-state index is 0.284. The second-order valence-corrected chi connectivity index (χ2v) is 5.14. The molecule has 1 aliphatic rings. The van der Waals surface area contributed by atoms with E-state index in [0.717, 1.165) is 18.4 Å². The van der Waals surface area contributed by atoms with E-state index in [0.29, 0.717) is 11.8 Å². The molecule has 1 nitrogen and oxygen atoms in total. The van der Waals surface area contributed by atoms with Crippen LogP contribution in [0.3, 0.4) is 0 Å². The quantitative estimate of drug-likeness (QED) is 0.756. The van der Waals surface area contributed by atoms with Crippen LogP contribution in [-0.2, 0) is 6.18 Å². The van der Waals surface area contributed by atoms with Crippen LogP contribution in [0.1, 0.15) is 43.9 Å². The Morgan fingerprint density at radius 3 is 2.47 bits per heavy atom. The fourth-order valence-electron chi connectivity index (χ4n) is 2.33. The predicted molar refractivity (Wildman–Crippen MR) is 59.5 cm³/mol. The van der Waals surface area contributed by atoms with Gasteiger partial charge in [0.05, 0.1) is 0 Å². The molecule has 1 aromatic heterocycles. The molecule has 0 spiro atoms. The number of nitrogens with zero attached hydrogens (tertiary/aromatic N) is 1. The van der Waals surface area contributed by atoms with Gasteiger partial charge >= 0.3 is 6.18 Å². The summed E-state index contributed by atoms with van der Waals surface area (Å²) in [6, 6.07) is 2.90. The maximum Gasteiger partial charge on any atom is 0.433 e. The number of alkyl halides is 3. The normalized spacial score (nSPS) is 24.8. The highest BCUT2D eigenvalue weighted by atomic mass is 19.4. The van der Waals surface area contributed by atoms with Gasteiger partial charge in [0.15, 0.2) is 0 Å². The molecule has 0 aromatic carbocycles. The van der Waals surface area contributed by atoms with Crippen LogP contribution in [0.2, 0.25) is 0 Å². The van der Waals surface area contributed by atoms with Crippen molar-refractivity contribution in [3.05, 3.63) is 29.6 Å². The summed E-state index contributed by atoms with van der Waals surface area (Å²) in [5, 5.41) is 0. The van der Waals surface area contributed by atoms with Crippen molar-refractivity contribution >= 4 is 0 Å². The third kappa shape index (κ3) is 2.61. The molecule has 1 aromatic rings. The Labute approximate surface area is 99.1 Å². The minimum Gasteiger partial charge on any atom is -0.252 e. The van der Waals surface area contributed by atoms with Gasteiger partial charge in [0.2, 0.25) is 0 Å². The van der Waals surface area contributed by atoms with Crippen molar-refractivity contribution in [3.63, 3.8) is 0 Å². The lowest BCUT2D eigenvalue weighted by molar-refractivity contribution is -0.141. The van der Waals surface area contributed by atoms with Crippen LogP contribution in [0.15, 0.2) is 18.3 Å². The van der Waals surface area contributed by atoms with Crippen LogP contribution in [0.5, 0.6) is 0 Å². The zero-order chi connectivity index (χ0) is 12.6. The third-order valence-corrected chi connectivity index (χ3v) is 3.66. The number of pyridine rings is 1. The number of halogens is 3. The SMILES string of the molecule is CC(C)C1CC(c2ccnc(C(F)(F)F)c2)C1. The van der Waals surface area contributed by atoms with Gasteiger partial charge in [-0.05, 0) is 48.3 Å². The topological polar surface area (TPSA) is 12.9 Å². The maximum atomic E-state index is 12.5. The molecule has 0 radical (unpaired) electrons. The van der Waals surface area contributed by atoms with Gasteiger partial charge in [-0.25, -0.2) is 0 Å². The van der Waals surface area contributed by atoms with Crippen LogP contribution in [0, 0.1) is 11.8 Å². The summed E-state index contributed by atoms with van der Waals surface area (Å²) in [4.78, 5) is 3.38. The van der Waals surface area contributed by atoms with Crippen molar-refractivity contribution < 1.29 is 13.2 Å². The van der Waals surface area contributed by atoms with E-state index in [1.807, 2.05) is 0 Å². The molecule has 0 aliphatic heterocycles. The summed E-state index contributed by atoms with van der Waals surface area (Å²) < 4.78 is 37.5. The molecule has 0 saturated heterocycles. The fourth-order valence-corrected chi connectivity index (χ4v) is 2.33. The van der Waals surface area contributed by atoms with Gasteiger partial charge in [-0.15, -0.1) is 0 Å². The maximum absolute atomic E-state index is 12.5. The smallest absolute Gasteiger partial charge is 0.252 e. The van der Waals surface area contributed by atoms with E-state index < -0.39 is 11.9 Å². The summed E-state index contributed by atoms with van der Waals surface area (Å²) >= 11 is 0. The van der Waals surface area contributed by atoms with Gasteiger partial charge in [-0.1, -0.05) is 13.8 Å². The second-order valence-electron chi connectivity index (χ2n) is 5.14. The first kappa shape index (κ1) is 12.4. The van der Waals surface area contributed by atoms with Crippen LogP contribution >= 0.6 is 0 Å². The summed E-state index contributed by atoms with van der Waals surface area (Å²) in [6.07, 6.45) is -1.07. The number of hydrogen-bond donors (Lipinski definition) is 0. The Hall–Kier alpha value is -1.06. The number of aromatic nitrogens is 1. The Kier molecular flexibility index (Phi) is 3.15. The Morgan fingerprint density at radius 1 is 1.29 bits per heavy atom. The van der Waals surface area contributed by atoms with Crippen molar-refractivity contribution in [3.8, 4) is 0 Å². The van der Waals surface area contributed by atoms with E-state index in [1.54, 1.807) is 6.07 Å². The van der Waals surface area contributed by atoms with Gasteiger partial charge < -0.3 is 0 Å². The second kappa shape index (κ2) is 4.31. The summed E-state index contributed by atoms with van der Waals surface area (Å²) in [5.74, 6) is 1.56. The van der Waals surface area contributed by atoms with Gasteiger partial charge in [-0.2, -0.15) is 13.2 Å². The zero-order valence-corrected chi connectivity index (χ0v) is 9.96. The fraction of sp³-hybridized carbons (Fsp3) is 0.615. The molecule has 17 heavy (non-hydrogen) atoms. The van der Waals surface area contributed by atoms with Crippen molar-refractivity contribution in [2.24, 2.45) is 11.8 Å². The van der Waals surface area contributed by atoms with E-state index in [1.165, 1.54) is 12.3 Å². The molecule has 0 unspecified atom stereocenters. The Bertz CT molecular complexity index is 392. The lowest BCUT2D eigenvalue weighted by atomic mass is 9.67. The highest BCUT2D eigenvalue weighted by Crippen LogP contribution is 2.45. The monoisotopic (exact) mass is 243 g/mol. The molecule has 1 saturated carbocycles. The lowest BCUT2D eigenvalue weighted by Gasteiger charge is -2.38. The molecule has 2 rings (SSSR count). The molecular formula is C13H16F3N. The van der Waals surface area contributed by atoms with Crippen LogP contribution in [0.4, 0.5) is 13.2 Å². The van der Waals surface area contributed by atoms with E-state index in [-0.39, 0.29) is 5.92 Å². The minimum atomic E-state index is -4.34. The first-order valence-corrected chi connectivity index (χ1v) is 5.91. The van der Waals surface area contributed by atoms with E-state index in [4.69, 9.17) is 0 Å². The zero-order valence-electron chi connectivity index (χ0n) is 9.96. The summed E-state index contributed by atoms with van der Waals surface area (Å²) in [7, 11) is 0. The Balaban J connectivity index is 2.09. The predicted octanol–water partition coefficient (Wildman–Crippen LogP) is 4.25. The molecule has 0 N–H and O–H groups in total. The molecule has 0 amide bonds. The van der Waals surface area contributed by atoms with Crippen molar-refractivity contribution in [1.29, 1.82) is 0 Å². The molecule has 1 heterocycles. The number of rotatable bonds is 2. The van der Waals surface area contributed by atoms with E-state index in [2.05, 4.69) is 18.8 Å². The summed E-state index contributed by atoms with van der Waals surface area (Å²) in [6.45, 7) is 4.32. The molecule has 94 valence electrons. The highest BCUT2D eigenvalue weighted by Gasteiger charge is 2.36. The largest absolute Gasteiger partial charge is 0.433 e. The highest BCUT2D eigenvalue weighted by molar-refractivity contribution is 5.24. The van der Waals surface area contributed by atoms with Gasteiger partial charge in [0.1, 0.15) is 5.69 Å². The van der Waals surface area contributed by atoms with Gasteiger partial charge in [-0.3, -0.25) is 4.98 Å². The van der Waals surface area contributed by atoms with Crippen LogP contribution in [-0.4, -0.2) is 4.98 Å². The van der Waals surface area contributed by atoms with Gasteiger partial charge in [0, 0.05) is 6.20 Å². The first-order valence-electron chi connectivity index (χ1n) is 5.91. The van der Waals surface area contributed by atoms with E-state index in [9.17, 15) is 13.2 Å². The Morgan fingerprint density at radius 2 is 1.94 bits per heavy atom. The molecule has 0 atom stereocenters. The van der Waals surface area contributed by atoms with E-state index >= 15 is 0 Å². The molecule has 1 aliphatic carbocycles. The molecule has 4 heteroatoms. The molecular weight excluding hydrogens is 227 g/mol. The van der Waals surface area contributed by atoms with Gasteiger partial charge in [0.25, 0.3) is 0 Å².